The lowest BCUT2D eigenvalue weighted by atomic mass is 10.1. The van der Waals surface area contributed by atoms with Gasteiger partial charge in [0.15, 0.2) is 5.96 Å². The summed E-state index contributed by atoms with van der Waals surface area (Å²) in [5, 5.41) is 3.55. The Balaban J connectivity index is 0.00000363. The molecule has 2 fully saturated rings. The molecule has 3 heterocycles. The van der Waals surface area contributed by atoms with Gasteiger partial charge in [0.25, 0.3) is 0 Å². The van der Waals surface area contributed by atoms with Crippen LogP contribution >= 0.6 is 17.0 Å². The fourth-order valence-electron chi connectivity index (χ4n) is 3.82. The first-order valence-corrected chi connectivity index (χ1v) is 11.6. The molecule has 8 nitrogen and oxygen atoms in total. The normalized spacial score (nSPS) is 21.3. The zero-order valence-corrected chi connectivity index (χ0v) is 21.5. The zero-order valence-electron chi connectivity index (χ0n) is 19.7. The highest BCUT2D eigenvalue weighted by atomic mass is 79.9. The Morgan fingerprint density at radius 1 is 1.22 bits per heavy atom. The molecule has 2 aliphatic rings. The van der Waals surface area contributed by atoms with Crippen molar-refractivity contribution in [2.45, 2.75) is 45.4 Å². The Morgan fingerprint density at radius 2 is 2.03 bits per heavy atom. The molecule has 2 atom stereocenters. The van der Waals surface area contributed by atoms with Crippen LogP contribution in [0.3, 0.4) is 0 Å². The maximum absolute atomic E-state index is 5.77. The highest BCUT2D eigenvalue weighted by Gasteiger charge is 2.25. The lowest BCUT2D eigenvalue weighted by molar-refractivity contribution is -0.0833. The molecule has 3 rings (SSSR count). The molecule has 2 unspecified atom stereocenters. The summed E-state index contributed by atoms with van der Waals surface area (Å²) in [4.78, 5) is 14.3. The predicted octanol–water partition coefficient (Wildman–Crippen LogP) is 2.51. The van der Waals surface area contributed by atoms with Crippen LogP contribution in [0.4, 0.5) is 0 Å². The Bertz CT molecular complexity index is 650. The van der Waals surface area contributed by atoms with E-state index in [4.69, 9.17) is 19.2 Å². The van der Waals surface area contributed by atoms with Crippen molar-refractivity contribution < 1.29 is 14.2 Å². The number of nitrogens with zero attached hydrogens (tertiary/aromatic N) is 4. The van der Waals surface area contributed by atoms with E-state index in [1.54, 1.807) is 0 Å². The SMILES string of the molecule is Br.CC(C)OCCCNC(=NCC1COCCO1)N1CCN(C(C)c2ccccn2)CC1. The number of piperazine rings is 1. The van der Waals surface area contributed by atoms with Crippen LogP contribution in [0.5, 0.6) is 0 Å². The molecule has 0 radical (unpaired) electrons. The standard InChI is InChI=1S/C23H39N5O3.BrH/c1-19(2)30-14-6-9-25-23(26-17-21-18-29-15-16-31-21)28-12-10-27(11-13-28)20(3)22-7-4-5-8-24-22;/h4-5,7-8,19-21H,6,9-18H2,1-3H3,(H,25,26);1H. The van der Waals surface area contributed by atoms with Crippen molar-refractivity contribution in [3.05, 3.63) is 30.1 Å². The van der Waals surface area contributed by atoms with E-state index in [0.29, 0.717) is 32.4 Å². The molecule has 182 valence electrons. The summed E-state index contributed by atoms with van der Waals surface area (Å²) >= 11 is 0. The van der Waals surface area contributed by atoms with E-state index < -0.39 is 0 Å². The molecule has 0 spiro atoms. The largest absolute Gasteiger partial charge is 0.379 e. The first-order valence-electron chi connectivity index (χ1n) is 11.6. The van der Waals surface area contributed by atoms with E-state index in [0.717, 1.165) is 57.4 Å². The van der Waals surface area contributed by atoms with Crippen molar-refractivity contribution in [2.24, 2.45) is 4.99 Å². The number of nitrogens with one attached hydrogen (secondary N) is 1. The Hall–Kier alpha value is -1.26. The fourth-order valence-corrected chi connectivity index (χ4v) is 3.82. The van der Waals surface area contributed by atoms with E-state index >= 15 is 0 Å². The zero-order chi connectivity index (χ0) is 21.9. The molecular weight excluding hydrogens is 474 g/mol. The molecule has 2 saturated heterocycles. The van der Waals surface area contributed by atoms with E-state index in [9.17, 15) is 0 Å². The molecule has 0 bridgehead atoms. The molecule has 9 heteroatoms. The van der Waals surface area contributed by atoms with E-state index in [-0.39, 0.29) is 29.2 Å². The second kappa shape index (κ2) is 14.8. The summed E-state index contributed by atoms with van der Waals surface area (Å²) in [6.45, 7) is 14.4. The molecular formula is C23H40BrN5O3. The van der Waals surface area contributed by atoms with Gasteiger partial charge < -0.3 is 24.4 Å². The molecule has 0 aromatic carbocycles. The number of halogens is 1. The van der Waals surface area contributed by atoms with Gasteiger partial charge in [-0.15, -0.1) is 17.0 Å². The Labute approximate surface area is 203 Å². The van der Waals surface area contributed by atoms with E-state index in [2.05, 4.69) is 53.0 Å². The maximum Gasteiger partial charge on any atom is 0.194 e. The second-order valence-corrected chi connectivity index (χ2v) is 8.39. The third-order valence-corrected chi connectivity index (χ3v) is 5.66. The highest BCUT2D eigenvalue weighted by molar-refractivity contribution is 8.93. The molecule has 2 aliphatic heterocycles. The first-order chi connectivity index (χ1) is 15.1. The lowest BCUT2D eigenvalue weighted by Gasteiger charge is -2.39. The van der Waals surface area contributed by atoms with Crippen LogP contribution in [0.1, 0.15) is 38.9 Å². The van der Waals surface area contributed by atoms with Gasteiger partial charge >= 0.3 is 0 Å². The minimum absolute atomic E-state index is 0. The quantitative estimate of drug-likeness (QED) is 0.309. The number of guanidine groups is 1. The molecule has 0 saturated carbocycles. The van der Waals surface area contributed by atoms with Crippen molar-refractivity contribution in [1.82, 2.24) is 20.1 Å². The van der Waals surface area contributed by atoms with Gasteiger partial charge in [0, 0.05) is 51.6 Å². The summed E-state index contributed by atoms with van der Waals surface area (Å²) in [5.74, 6) is 0.962. The van der Waals surface area contributed by atoms with Crippen molar-refractivity contribution in [3.8, 4) is 0 Å². The van der Waals surface area contributed by atoms with Gasteiger partial charge in [0.1, 0.15) is 6.10 Å². The fraction of sp³-hybridized carbons (Fsp3) is 0.739. The average Bonchev–Trinajstić information content (AvgIpc) is 2.81. The first kappa shape index (κ1) is 27.0. The van der Waals surface area contributed by atoms with E-state index in [1.165, 1.54) is 0 Å². The third-order valence-electron chi connectivity index (χ3n) is 5.66. The lowest BCUT2D eigenvalue weighted by Crippen LogP contribution is -2.53. The number of pyridine rings is 1. The van der Waals surface area contributed by atoms with Crippen LogP contribution in [0.25, 0.3) is 0 Å². The number of hydrogen-bond donors (Lipinski definition) is 1. The highest BCUT2D eigenvalue weighted by Crippen LogP contribution is 2.19. The third kappa shape index (κ3) is 8.94. The van der Waals surface area contributed by atoms with Gasteiger partial charge in [0.2, 0.25) is 0 Å². The van der Waals surface area contributed by atoms with Gasteiger partial charge in [-0.2, -0.15) is 0 Å². The summed E-state index contributed by atoms with van der Waals surface area (Å²) in [6.07, 6.45) is 3.14. The predicted molar refractivity (Wildman–Crippen MR) is 133 cm³/mol. The topological polar surface area (TPSA) is 71.5 Å². The van der Waals surface area contributed by atoms with Crippen LogP contribution < -0.4 is 5.32 Å². The summed E-state index contributed by atoms with van der Waals surface area (Å²) in [6, 6.07) is 6.45. The molecule has 32 heavy (non-hydrogen) atoms. The van der Waals surface area contributed by atoms with Crippen LogP contribution in [-0.4, -0.2) is 98.6 Å². The molecule has 1 N–H and O–H groups in total. The van der Waals surface area contributed by atoms with Crippen LogP contribution in [-0.2, 0) is 14.2 Å². The summed E-state index contributed by atoms with van der Waals surface area (Å²) in [5.41, 5.74) is 1.13. The van der Waals surface area contributed by atoms with Gasteiger partial charge in [-0.05, 0) is 39.3 Å². The van der Waals surface area contributed by atoms with Crippen LogP contribution in [0.15, 0.2) is 29.4 Å². The van der Waals surface area contributed by atoms with Gasteiger partial charge in [-0.25, -0.2) is 0 Å². The minimum atomic E-state index is 0. The maximum atomic E-state index is 5.77. The number of aliphatic imine (C=N–C) groups is 1. The van der Waals surface area contributed by atoms with Crippen molar-refractivity contribution in [1.29, 1.82) is 0 Å². The average molecular weight is 515 g/mol. The Kier molecular flexibility index (Phi) is 12.5. The minimum Gasteiger partial charge on any atom is -0.379 e. The van der Waals surface area contributed by atoms with Crippen molar-refractivity contribution in [2.75, 3.05) is 65.7 Å². The van der Waals surface area contributed by atoms with Gasteiger partial charge in [-0.3, -0.25) is 14.9 Å². The van der Waals surface area contributed by atoms with E-state index in [1.807, 2.05) is 12.3 Å². The molecule has 1 aromatic rings. The van der Waals surface area contributed by atoms with Crippen molar-refractivity contribution in [3.63, 3.8) is 0 Å². The molecule has 1 aromatic heterocycles. The van der Waals surface area contributed by atoms with Gasteiger partial charge in [-0.1, -0.05) is 6.07 Å². The smallest absolute Gasteiger partial charge is 0.194 e. The number of hydrogen-bond acceptors (Lipinski definition) is 6. The monoisotopic (exact) mass is 513 g/mol. The van der Waals surface area contributed by atoms with Crippen LogP contribution in [0, 0.1) is 0 Å². The number of ether oxygens (including phenoxy) is 3. The van der Waals surface area contributed by atoms with Gasteiger partial charge in [0.05, 0.1) is 38.2 Å². The Morgan fingerprint density at radius 3 is 2.69 bits per heavy atom. The summed E-state index contributed by atoms with van der Waals surface area (Å²) < 4.78 is 17.0. The number of rotatable bonds is 9. The van der Waals surface area contributed by atoms with Crippen LogP contribution in [0.2, 0.25) is 0 Å². The molecule has 0 aliphatic carbocycles. The number of aromatic nitrogens is 1. The second-order valence-electron chi connectivity index (χ2n) is 8.39. The van der Waals surface area contributed by atoms with Crippen molar-refractivity contribution >= 4 is 22.9 Å². The summed E-state index contributed by atoms with van der Waals surface area (Å²) in [7, 11) is 0. The molecule has 0 amide bonds.